The summed E-state index contributed by atoms with van der Waals surface area (Å²) < 4.78 is 13.3. The number of ether oxygens (including phenoxy) is 2. The van der Waals surface area contributed by atoms with E-state index in [4.69, 9.17) is 9.47 Å². The number of nitrogens with zero attached hydrogens (tertiary/aromatic N) is 2. The highest BCUT2D eigenvalue weighted by molar-refractivity contribution is 7.16. The van der Waals surface area contributed by atoms with E-state index in [1.54, 1.807) is 11.5 Å². The Morgan fingerprint density at radius 3 is 2.40 bits per heavy atom. The second-order valence-corrected chi connectivity index (χ2v) is 7.70. The van der Waals surface area contributed by atoms with E-state index in [1.165, 1.54) is 16.9 Å². The Labute approximate surface area is 179 Å². The minimum Gasteiger partial charge on any atom is -0.494 e. The number of aryl methyl sites for hydroxylation is 1. The van der Waals surface area contributed by atoms with Gasteiger partial charge in [-0.3, -0.25) is 9.59 Å². The van der Waals surface area contributed by atoms with Crippen LogP contribution in [0, 0.1) is 0 Å². The number of benzene rings is 2. The van der Waals surface area contributed by atoms with Gasteiger partial charge in [-0.2, -0.15) is 4.99 Å². The molecule has 1 aromatic heterocycles. The van der Waals surface area contributed by atoms with Crippen molar-refractivity contribution in [2.75, 3.05) is 13.2 Å². The van der Waals surface area contributed by atoms with E-state index < -0.39 is 0 Å². The summed E-state index contributed by atoms with van der Waals surface area (Å²) in [5.74, 6) is 0.118. The van der Waals surface area contributed by atoms with Crippen LogP contribution in [0.2, 0.25) is 0 Å². The van der Waals surface area contributed by atoms with E-state index in [2.05, 4.69) is 11.9 Å². The predicted octanol–water partition coefficient (Wildman–Crippen LogP) is 3.90. The third-order valence-electron chi connectivity index (χ3n) is 4.56. The molecule has 0 atom stereocenters. The van der Waals surface area contributed by atoms with Gasteiger partial charge >= 0.3 is 5.97 Å². The molecule has 1 heterocycles. The molecule has 0 aliphatic rings. The van der Waals surface area contributed by atoms with Crippen LogP contribution in [0.1, 0.15) is 31.9 Å². The summed E-state index contributed by atoms with van der Waals surface area (Å²) in [6, 6.07) is 13.6. The van der Waals surface area contributed by atoms with Crippen molar-refractivity contribution in [2.24, 2.45) is 4.99 Å². The lowest BCUT2D eigenvalue weighted by molar-refractivity contribution is -0.143. The molecule has 7 heteroatoms. The summed E-state index contributed by atoms with van der Waals surface area (Å²) >= 11 is 1.36. The van der Waals surface area contributed by atoms with Crippen LogP contribution in [-0.4, -0.2) is 29.7 Å². The Kier molecular flexibility index (Phi) is 7.41. The summed E-state index contributed by atoms with van der Waals surface area (Å²) in [5.41, 5.74) is 2.96. The zero-order valence-electron chi connectivity index (χ0n) is 17.5. The summed E-state index contributed by atoms with van der Waals surface area (Å²) in [7, 11) is 0. The van der Waals surface area contributed by atoms with E-state index in [0.29, 0.717) is 18.0 Å². The molecule has 0 radical (unpaired) electrons. The fourth-order valence-electron chi connectivity index (χ4n) is 3.10. The number of esters is 1. The molecular formula is C23H26N2O4S. The standard InChI is InChI=1S/C23H26N2O4S/c1-4-16-7-9-17(10-8-16)13-21(26)24-23-25(15-22(27)29-6-3)19-12-11-18(28-5-2)14-20(19)30-23/h7-12,14H,4-6,13,15H2,1-3H3. The molecule has 3 rings (SSSR count). The number of thiazole rings is 1. The average Bonchev–Trinajstić information content (AvgIpc) is 3.05. The smallest absolute Gasteiger partial charge is 0.326 e. The topological polar surface area (TPSA) is 69.9 Å². The SMILES string of the molecule is CCOC(=O)Cn1c(=NC(=O)Cc2ccc(CC)cc2)sc2cc(OCC)ccc21. The second kappa shape index (κ2) is 10.2. The van der Waals surface area contributed by atoms with Gasteiger partial charge in [0.05, 0.1) is 29.9 Å². The number of fused-ring (bicyclic) bond motifs is 1. The first kappa shape index (κ1) is 21.8. The van der Waals surface area contributed by atoms with E-state index in [0.717, 1.165) is 28.0 Å². The van der Waals surface area contributed by atoms with Crippen LogP contribution in [-0.2, 0) is 33.7 Å². The van der Waals surface area contributed by atoms with E-state index >= 15 is 0 Å². The zero-order chi connectivity index (χ0) is 21.5. The van der Waals surface area contributed by atoms with Crippen molar-refractivity contribution in [3.8, 4) is 5.75 Å². The highest BCUT2D eigenvalue weighted by Crippen LogP contribution is 2.23. The number of aromatic nitrogens is 1. The molecular weight excluding hydrogens is 400 g/mol. The minimum atomic E-state index is -0.366. The maximum absolute atomic E-state index is 12.6. The molecule has 0 N–H and O–H groups in total. The van der Waals surface area contributed by atoms with Crippen LogP contribution in [0.15, 0.2) is 47.5 Å². The molecule has 0 fully saturated rings. The highest BCUT2D eigenvalue weighted by atomic mass is 32.1. The van der Waals surface area contributed by atoms with Gasteiger partial charge in [0.25, 0.3) is 5.91 Å². The van der Waals surface area contributed by atoms with Crippen molar-refractivity contribution < 1.29 is 19.1 Å². The Balaban J connectivity index is 1.95. The molecule has 0 saturated carbocycles. The Hall–Kier alpha value is -2.93. The molecule has 0 spiro atoms. The van der Waals surface area contributed by atoms with E-state index in [-0.39, 0.29) is 24.8 Å². The quantitative estimate of drug-likeness (QED) is 0.512. The lowest BCUT2D eigenvalue weighted by atomic mass is 10.1. The van der Waals surface area contributed by atoms with Gasteiger partial charge in [-0.1, -0.05) is 42.5 Å². The van der Waals surface area contributed by atoms with Gasteiger partial charge in [0.1, 0.15) is 12.3 Å². The van der Waals surface area contributed by atoms with Crippen LogP contribution in [0.25, 0.3) is 10.2 Å². The molecule has 2 aromatic carbocycles. The molecule has 3 aromatic rings. The lowest BCUT2D eigenvalue weighted by Gasteiger charge is -2.06. The van der Waals surface area contributed by atoms with Crippen LogP contribution in [0.5, 0.6) is 5.75 Å². The Bertz CT molecular complexity index is 1100. The highest BCUT2D eigenvalue weighted by Gasteiger charge is 2.13. The number of carbonyl (C=O) groups excluding carboxylic acids is 2. The molecule has 158 valence electrons. The molecule has 30 heavy (non-hydrogen) atoms. The van der Waals surface area contributed by atoms with Crippen molar-refractivity contribution in [3.63, 3.8) is 0 Å². The van der Waals surface area contributed by atoms with Crippen LogP contribution in [0.3, 0.4) is 0 Å². The molecule has 1 amide bonds. The number of hydrogen-bond acceptors (Lipinski definition) is 5. The molecule has 0 unspecified atom stereocenters. The molecule has 0 aliphatic carbocycles. The van der Waals surface area contributed by atoms with Gasteiger partial charge in [0.2, 0.25) is 0 Å². The average molecular weight is 427 g/mol. The van der Waals surface area contributed by atoms with Crippen molar-refractivity contribution in [2.45, 2.75) is 40.2 Å². The number of carbonyl (C=O) groups is 2. The third kappa shape index (κ3) is 5.36. The number of rotatable bonds is 8. The van der Waals surface area contributed by atoms with Gasteiger partial charge < -0.3 is 14.0 Å². The maximum Gasteiger partial charge on any atom is 0.326 e. The minimum absolute atomic E-state index is 0.000861. The van der Waals surface area contributed by atoms with Crippen LogP contribution < -0.4 is 9.54 Å². The number of amides is 1. The predicted molar refractivity (Wildman–Crippen MR) is 118 cm³/mol. The Morgan fingerprint density at radius 1 is 1.00 bits per heavy atom. The van der Waals surface area contributed by atoms with Gasteiger partial charge in [0, 0.05) is 0 Å². The Morgan fingerprint density at radius 2 is 1.73 bits per heavy atom. The van der Waals surface area contributed by atoms with Crippen molar-refractivity contribution in [1.82, 2.24) is 4.57 Å². The molecule has 0 aliphatic heterocycles. The molecule has 0 bridgehead atoms. The first-order valence-corrected chi connectivity index (χ1v) is 10.9. The first-order chi connectivity index (χ1) is 14.5. The van der Waals surface area contributed by atoms with Gasteiger partial charge in [-0.25, -0.2) is 0 Å². The molecule has 0 saturated heterocycles. The van der Waals surface area contributed by atoms with E-state index in [1.807, 2.05) is 49.4 Å². The van der Waals surface area contributed by atoms with Gasteiger partial charge in [-0.15, -0.1) is 0 Å². The van der Waals surface area contributed by atoms with Crippen molar-refractivity contribution in [1.29, 1.82) is 0 Å². The maximum atomic E-state index is 12.6. The van der Waals surface area contributed by atoms with Gasteiger partial charge in [0.15, 0.2) is 4.80 Å². The summed E-state index contributed by atoms with van der Waals surface area (Å²) in [5, 5.41) is 0. The fraction of sp³-hybridized carbons (Fsp3) is 0.348. The largest absolute Gasteiger partial charge is 0.494 e. The first-order valence-electron chi connectivity index (χ1n) is 10.1. The zero-order valence-corrected chi connectivity index (χ0v) is 18.3. The summed E-state index contributed by atoms with van der Waals surface area (Å²) in [6.07, 6.45) is 1.17. The number of hydrogen-bond donors (Lipinski definition) is 0. The third-order valence-corrected chi connectivity index (χ3v) is 5.61. The summed E-state index contributed by atoms with van der Waals surface area (Å²) in [6.45, 7) is 6.64. The van der Waals surface area contributed by atoms with Crippen LogP contribution >= 0.6 is 11.3 Å². The van der Waals surface area contributed by atoms with E-state index in [9.17, 15) is 9.59 Å². The molecule has 6 nitrogen and oxygen atoms in total. The van der Waals surface area contributed by atoms with Crippen LogP contribution in [0.4, 0.5) is 0 Å². The monoisotopic (exact) mass is 426 g/mol. The second-order valence-electron chi connectivity index (χ2n) is 6.69. The summed E-state index contributed by atoms with van der Waals surface area (Å²) in [4.78, 5) is 29.5. The van der Waals surface area contributed by atoms with Crippen molar-refractivity contribution in [3.05, 3.63) is 58.4 Å². The normalized spacial score (nSPS) is 11.6. The lowest BCUT2D eigenvalue weighted by Crippen LogP contribution is -2.23. The fourth-order valence-corrected chi connectivity index (χ4v) is 4.17. The van der Waals surface area contributed by atoms with Crippen molar-refractivity contribution >= 4 is 33.4 Å². The van der Waals surface area contributed by atoms with Gasteiger partial charge in [-0.05, 0) is 49.6 Å².